The first-order valence-corrected chi connectivity index (χ1v) is 17.8. The van der Waals surface area contributed by atoms with Gasteiger partial charge in [0.2, 0.25) is 11.8 Å². The molecule has 2 atom stereocenters. The Morgan fingerprint density at radius 1 is 0.923 bits per heavy atom. The first kappa shape index (κ1) is 33.4. The van der Waals surface area contributed by atoms with Crippen LogP contribution in [0.3, 0.4) is 0 Å². The molecule has 0 spiro atoms. The number of rotatable bonds is 7. The van der Waals surface area contributed by atoms with Crippen LogP contribution in [-0.4, -0.2) is 50.0 Å². The van der Waals surface area contributed by atoms with Crippen molar-refractivity contribution in [3.63, 3.8) is 0 Å². The van der Waals surface area contributed by atoms with E-state index in [0.717, 1.165) is 63.7 Å². The third-order valence-electron chi connectivity index (χ3n) is 10.0. The maximum Gasteiger partial charge on any atom is 0.255 e. The molecule has 5 aromatic rings. The van der Waals surface area contributed by atoms with Gasteiger partial charge in [-0.3, -0.25) is 24.3 Å². The number of halogens is 1. The average molecular weight is 710 g/mol. The number of aromatic nitrogens is 3. The highest BCUT2D eigenvalue weighted by Crippen LogP contribution is 2.36. The van der Waals surface area contributed by atoms with E-state index in [9.17, 15) is 14.4 Å². The van der Waals surface area contributed by atoms with Crippen LogP contribution in [0, 0.1) is 18.8 Å². The highest BCUT2D eigenvalue weighted by atomic mass is 35.5. The molecule has 3 N–H and O–H groups in total. The van der Waals surface area contributed by atoms with Gasteiger partial charge in [0.15, 0.2) is 0 Å². The summed E-state index contributed by atoms with van der Waals surface area (Å²) < 4.78 is 2.17. The summed E-state index contributed by atoms with van der Waals surface area (Å²) in [5, 5.41) is 19.0. The minimum absolute atomic E-state index is 0.0727. The van der Waals surface area contributed by atoms with Gasteiger partial charge in [-0.25, -0.2) is 0 Å². The van der Waals surface area contributed by atoms with Crippen molar-refractivity contribution in [3.05, 3.63) is 129 Å². The predicted octanol–water partition coefficient (Wildman–Crippen LogP) is 5.90. The molecule has 8 rings (SSSR count). The number of nitrogens with one attached hydrogen (secondary N) is 3. The zero-order valence-electron chi connectivity index (χ0n) is 28.6. The van der Waals surface area contributed by atoms with Crippen molar-refractivity contribution in [3.8, 4) is 28.7 Å². The lowest BCUT2D eigenvalue weighted by Gasteiger charge is -2.29. The highest BCUT2D eigenvalue weighted by Gasteiger charge is 2.39. The number of hydrogen-bond donors (Lipinski definition) is 3. The predicted molar refractivity (Wildman–Crippen MR) is 199 cm³/mol. The molecule has 1 aromatic heterocycles. The summed E-state index contributed by atoms with van der Waals surface area (Å²) in [6, 6.07) is 27.9. The van der Waals surface area contributed by atoms with E-state index in [2.05, 4.69) is 85.0 Å². The molecular formula is C41H36ClN7O3. The number of imide groups is 1. The number of nitrogens with zero attached hydrogens (tertiary/aromatic N) is 4. The third kappa shape index (κ3) is 6.57. The van der Waals surface area contributed by atoms with Crippen molar-refractivity contribution < 1.29 is 14.4 Å². The molecule has 4 heterocycles. The maximum atomic E-state index is 13.1. The lowest BCUT2D eigenvalue weighted by molar-refractivity contribution is -0.136. The van der Waals surface area contributed by atoms with Gasteiger partial charge in [-0.05, 0) is 96.1 Å². The Bertz CT molecular complexity index is 2270. The fourth-order valence-corrected chi connectivity index (χ4v) is 7.48. The summed E-state index contributed by atoms with van der Waals surface area (Å²) >= 11 is 6.16. The Morgan fingerprint density at radius 3 is 2.54 bits per heavy atom. The summed E-state index contributed by atoms with van der Waals surface area (Å²) in [5.74, 6) is 7.33. The minimum Gasteiger partial charge on any atom is -0.378 e. The summed E-state index contributed by atoms with van der Waals surface area (Å²) in [4.78, 5) is 38.7. The Balaban J connectivity index is 0.934. The number of carbonyl (C=O) groups excluding carboxylic acids is 3. The molecule has 2 unspecified atom stereocenters. The van der Waals surface area contributed by atoms with E-state index in [1.54, 1.807) is 11.0 Å². The van der Waals surface area contributed by atoms with Crippen LogP contribution in [0.1, 0.15) is 69.6 Å². The van der Waals surface area contributed by atoms with E-state index in [1.807, 2.05) is 43.3 Å². The molecule has 3 aliphatic rings. The molecule has 11 heteroatoms. The number of hydrogen-bond acceptors (Lipinski definition) is 7. The van der Waals surface area contributed by atoms with Crippen molar-refractivity contribution in [2.45, 2.75) is 57.8 Å². The summed E-state index contributed by atoms with van der Waals surface area (Å²) in [7, 11) is 0. The van der Waals surface area contributed by atoms with Gasteiger partial charge in [0.25, 0.3) is 5.91 Å². The zero-order valence-corrected chi connectivity index (χ0v) is 29.3. The van der Waals surface area contributed by atoms with Crippen molar-refractivity contribution in [1.82, 2.24) is 30.3 Å². The van der Waals surface area contributed by atoms with Crippen LogP contribution in [0.15, 0.2) is 84.9 Å². The Labute approximate surface area is 306 Å². The van der Waals surface area contributed by atoms with Crippen LogP contribution in [0.2, 0.25) is 5.02 Å². The zero-order chi connectivity index (χ0) is 35.8. The smallest absolute Gasteiger partial charge is 0.255 e. The maximum absolute atomic E-state index is 13.1. The van der Waals surface area contributed by atoms with Crippen molar-refractivity contribution >= 4 is 35.0 Å². The van der Waals surface area contributed by atoms with Crippen LogP contribution < -0.4 is 16.0 Å². The molecule has 0 saturated carbocycles. The van der Waals surface area contributed by atoms with E-state index in [4.69, 9.17) is 11.6 Å². The highest BCUT2D eigenvalue weighted by molar-refractivity contribution is 6.30. The molecule has 260 valence electrons. The molecule has 1 saturated heterocycles. The standard InChI is InChI=1S/C41H36ClN7O3/c1-25-46-47-38-19-16-35(44-31-14-12-30(42)13-15-31)33-22-29(11-17-36(33)49(25)38)27-9-7-26(8-10-27)23-43-21-3-5-28-4-2-6-32-34(28)24-48(41(32)52)37-18-20-39(50)45-40(37)51/h2,4,6-15,17,22,35,37,43-44H,16,18-21,23-24H2,1H3,(H,45,50,51). The van der Waals surface area contributed by atoms with Gasteiger partial charge in [-0.2, -0.15) is 0 Å². The SMILES string of the molecule is Cc1nnc2n1-c1ccc(-c3ccc(CNCC#Cc4cccc5c4CN(C4CCC(=O)NC4=O)C5=O)cc3)cc1C(Nc1ccc(Cl)cc1)CC2. The quantitative estimate of drug-likeness (QED) is 0.109. The normalized spacial score (nSPS) is 17.7. The first-order chi connectivity index (χ1) is 25.3. The lowest BCUT2D eigenvalue weighted by Crippen LogP contribution is -2.52. The van der Waals surface area contributed by atoms with Crippen molar-refractivity contribution in [2.75, 3.05) is 11.9 Å². The number of aryl methyl sites for hydroxylation is 2. The average Bonchev–Trinajstić information content (AvgIpc) is 3.64. The van der Waals surface area contributed by atoms with E-state index < -0.39 is 11.9 Å². The lowest BCUT2D eigenvalue weighted by atomic mass is 9.95. The van der Waals surface area contributed by atoms with Gasteiger partial charge in [0, 0.05) is 47.8 Å². The second-order valence-electron chi connectivity index (χ2n) is 13.3. The fourth-order valence-electron chi connectivity index (χ4n) is 7.35. The van der Waals surface area contributed by atoms with Crippen LogP contribution in [0.5, 0.6) is 0 Å². The first-order valence-electron chi connectivity index (χ1n) is 17.4. The van der Waals surface area contributed by atoms with Crippen LogP contribution >= 0.6 is 11.6 Å². The van der Waals surface area contributed by atoms with Gasteiger partial charge in [0.1, 0.15) is 17.7 Å². The summed E-state index contributed by atoms with van der Waals surface area (Å²) in [5.41, 5.74) is 8.84. The monoisotopic (exact) mass is 709 g/mol. The Hall–Kier alpha value is -5.76. The van der Waals surface area contributed by atoms with Gasteiger partial charge in [-0.15, -0.1) is 10.2 Å². The van der Waals surface area contributed by atoms with E-state index in [-0.39, 0.29) is 24.3 Å². The van der Waals surface area contributed by atoms with Gasteiger partial charge < -0.3 is 15.5 Å². The van der Waals surface area contributed by atoms with Gasteiger partial charge >= 0.3 is 0 Å². The molecule has 0 bridgehead atoms. The fraction of sp³-hybridized carbons (Fsp3) is 0.244. The second-order valence-corrected chi connectivity index (χ2v) is 13.8. The third-order valence-corrected chi connectivity index (χ3v) is 10.3. The number of benzene rings is 4. The number of carbonyl (C=O) groups is 3. The molecule has 10 nitrogen and oxygen atoms in total. The van der Waals surface area contributed by atoms with E-state index in [0.29, 0.717) is 36.6 Å². The number of anilines is 1. The second kappa shape index (κ2) is 14.1. The molecule has 0 radical (unpaired) electrons. The number of amides is 3. The number of fused-ring (bicyclic) bond motifs is 4. The summed E-state index contributed by atoms with van der Waals surface area (Å²) in [6.07, 6.45) is 2.23. The van der Waals surface area contributed by atoms with Gasteiger partial charge in [0.05, 0.1) is 18.3 Å². The molecule has 3 aliphatic heterocycles. The van der Waals surface area contributed by atoms with Crippen molar-refractivity contribution in [1.29, 1.82) is 0 Å². The molecule has 1 fully saturated rings. The topological polar surface area (TPSA) is 121 Å². The largest absolute Gasteiger partial charge is 0.378 e. The van der Waals surface area contributed by atoms with Crippen LogP contribution in [0.25, 0.3) is 16.8 Å². The van der Waals surface area contributed by atoms with E-state index in [1.165, 1.54) is 5.56 Å². The molecular weight excluding hydrogens is 674 g/mol. The summed E-state index contributed by atoms with van der Waals surface area (Å²) in [6.45, 7) is 3.41. The van der Waals surface area contributed by atoms with Crippen LogP contribution in [0.4, 0.5) is 5.69 Å². The molecule has 4 aromatic carbocycles. The Kier molecular flexibility index (Phi) is 9.05. The Morgan fingerprint density at radius 2 is 1.73 bits per heavy atom. The van der Waals surface area contributed by atoms with Gasteiger partial charge in [-0.1, -0.05) is 59.8 Å². The number of piperidine rings is 1. The molecule has 52 heavy (non-hydrogen) atoms. The van der Waals surface area contributed by atoms with Crippen LogP contribution in [-0.2, 0) is 29.1 Å². The molecule has 0 aliphatic carbocycles. The van der Waals surface area contributed by atoms with E-state index >= 15 is 0 Å². The van der Waals surface area contributed by atoms with Crippen molar-refractivity contribution in [2.24, 2.45) is 0 Å². The molecule has 3 amide bonds. The minimum atomic E-state index is -0.648.